The molecule has 0 saturated carbocycles. The van der Waals surface area contributed by atoms with E-state index >= 15 is 0 Å². The van der Waals surface area contributed by atoms with E-state index in [-0.39, 0.29) is 0 Å². The lowest BCUT2D eigenvalue weighted by atomic mass is 9.97. The number of amides is 1. The van der Waals surface area contributed by atoms with Gasteiger partial charge in [0.05, 0.1) is 0 Å². The first-order valence-corrected chi connectivity index (χ1v) is 7.28. The molecule has 0 aromatic rings. The summed E-state index contributed by atoms with van der Waals surface area (Å²) in [6.07, 6.45) is 6.53. The monoisotopic (exact) mass is 250 g/mol. The van der Waals surface area contributed by atoms with Crippen LogP contribution in [-0.4, -0.2) is 47.4 Å². The Labute approximate surface area is 111 Å². The molecule has 0 radical (unpaired) electrons. The lowest BCUT2D eigenvalue weighted by Gasteiger charge is -2.39. The van der Waals surface area contributed by atoms with Crippen LogP contribution in [0.3, 0.4) is 0 Å². The first-order valence-electron chi connectivity index (χ1n) is 7.28. The van der Waals surface area contributed by atoms with Crippen molar-refractivity contribution in [2.45, 2.75) is 51.6 Å². The molecular formula is C15H26N2O. The van der Waals surface area contributed by atoms with Crippen molar-refractivity contribution in [3.63, 3.8) is 0 Å². The molecule has 0 N–H and O–H groups in total. The average molecular weight is 250 g/mol. The zero-order valence-corrected chi connectivity index (χ0v) is 11.8. The van der Waals surface area contributed by atoms with E-state index in [1.807, 2.05) is 11.0 Å². The minimum Gasteiger partial charge on any atom is -0.341 e. The predicted octanol–water partition coefficient (Wildman–Crippen LogP) is 2.28. The Morgan fingerprint density at radius 2 is 1.94 bits per heavy atom. The van der Waals surface area contributed by atoms with Gasteiger partial charge < -0.3 is 4.90 Å². The largest absolute Gasteiger partial charge is 0.341 e. The minimum atomic E-state index is 0.303. The van der Waals surface area contributed by atoms with E-state index in [0.717, 1.165) is 19.6 Å². The van der Waals surface area contributed by atoms with Gasteiger partial charge in [0.15, 0.2) is 0 Å². The molecule has 0 aliphatic carbocycles. The van der Waals surface area contributed by atoms with Crippen LogP contribution in [0.1, 0.15) is 39.5 Å². The smallest absolute Gasteiger partial charge is 0.223 e. The van der Waals surface area contributed by atoms with Crippen molar-refractivity contribution in [1.82, 2.24) is 9.80 Å². The molecule has 0 bridgehead atoms. The van der Waals surface area contributed by atoms with Crippen LogP contribution in [0.5, 0.6) is 0 Å². The van der Waals surface area contributed by atoms with Gasteiger partial charge >= 0.3 is 0 Å². The van der Waals surface area contributed by atoms with Gasteiger partial charge in [-0.2, -0.15) is 0 Å². The third-order valence-corrected chi connectivity index (χ3v) is 4.58. The molecule has 2 saturated heterocycles. The summed E-state index contributed by atoms with van der Waals surface area (Å²) in [6, 6.07) is 1.34. The molecule has 0 aromatic carbocycles. The molecule has 2 aliphatic rings. The summed E-state index contributed by atoms with van der Waals surface area (Å²) in [5.41, 5.74) is 0. The van der Waals surface area contributed by atoms with Crippen LogP contribution in [0.4, 0.5) is 0 Å². The van der Waals surface area contributed by atoms with E-state index in [4.69, 9.17) is 0 Å². The second-order valence-electron chi connectivity index (χ2n) is 5.91. The summed E-state index contributed by atoms with van der Waals surface area (Å²) >= 11 is 0. The molecule has 3 unspecified atom stereocenters. The van der Waals surface area contributed by atoms with Crippen molar-refractivity contribution < 1.29 is 4.79 Å². The van der Waals surface area contributed by atoms with E-state index in [2.05, 4.69) is 25.3 Å². The highest BCUT2D eigenvalue weighted by Gasteiger charge is 2.29. The highest BCUT2D eigenvalue weighted by molar-refractivity contribution is 5.78. The van der Waals surface area contributed by atoms with E-state index in [0.29, 0.717) is 30.3 Å². The Morgan fingerprint density at radius 1 is 1.28 bits per heavy atom. The summed E-state index contributed by atoms with van der Waals surface area (Å²) in [5.74, 6) is 0.672. The molecule has 102 valence electrons. The fourth-order valence-electron chi connectivity index (χ4n) is 3.33. The maximum absolute atomic E-state index is 11.8. The van der Waals surface area contributed by atoms with Crippen LogP contribution < -0.4 is 0 Å². The molecule has 2 rings (SSSR count). The van der Waals surface area contributed by atoms with Gasteiger partial charge in [-0.3, -0.25) is 9.69 Å². The maximum Gasteiger partial charge on any atom is 0.223 e. The standard InChI is InChI=1S/C15H26N2O/c1-4-14-10-15(18)16(11-14)8-9-17-12(2)6-5-7-13(17)3/h4,12-14H,1,5-11H2,2-3H3. The number of piperidine rings is 1. The predicted molar refractivity (Wildman–Crippen MR) is 74.4 cm³/mol. The number of hydrogen-bond donors (Lipinski definition) is 0. The molecule has 3 heteroatoms. The van der Waals surface area contributed by atoms with Crippen LogP contribution in [0.15, 0.2) is 12.7 Å². The van der Waals surface area contributed by atoms with Gasteiger partial charge in [0.25, 0.3) is 0 Å². The molecule has 2 fully saturated rings. The molecule has 18 heavy (non-hydrogen) atoms. The van der Waals surface area contributed by atoms with Crippen LogP contribution in [0.2, 0.25) is 0 Å². The summed E-state index contributed by atoms with van der Waals surface area (Å²) in [5, 5.41) is 0. The SMILES string of the molecule is C=CC1CC(=O)N(CCN2C(C)CCCC2C)C1. The van der Waals surface area contributed by atoms with E-state index in [1.54, 1.807) is 0 Å². The zero-order chi connectivity index (χ0) is 13.1. The zero-order valence-electron chi connectivity index (χ0n) is 11.8. The number of carbonyl (C=O) groups excluding carboxylic acids is 1. The highest BCUT2D eigenvalue weighted by Crippen LogP contribution is 2.23. The number of nitrogens with zero attached hydrogens (tertiary/aromatic N) is 2. The van der Waals surface area contributed by atoms with Gasteiger partial charge in [-0.25, -0.2) is 0 Å². The average Bonchev–Trinajstić information content (AvgIpc) is 2.70. The lowest BCUT2D eigenvalue weighted by Crippen LogP contribution is -2.47. The first kappa shape index (κ1) is 13.6. The van der Waals surface area contributed by atoms with E-state index in [9.17, 15) is 4.79 Å². The molecule has 0 spiro atoms. The van der Waals surface area contributed by atoms with Gasteiger partial charge in [-0.1, -0.05) is 12.5 Å². The Kier molecular flexibility index (Phi) is 4.44. The summed E-state index contributed by atoms with van der Waals surface area (Å²) in [6.45, 7) is 11.2. The Hall–Kier alpha value is -0.830. The van der Waals surface area contributed by atoms with Crippen LogP contribution >= 0.6 is 0 Å². The van der Waals surface area contributed by atoms with Crippen molar-refractivity contribution in [1.29, 1.82) is 0 Å². The van der Waals surface area contributed by atoms with Gasteiger partial charge in [0.2, 0.25) is 5.91 Å². The summed E-state index contributed by atoms with van der Waals surface area (Å²) in [4.78, 5) is 16.4. The van der Waals surface area contributed by atoms with Crippen LogP contribution in [-0.2, 0) is 4.79 Å². The number of likely N-dealkylation sites (tertiary alicyclic amines) is 2. The second-order valence-corrected chi connectivity index (χ2v) is 5.91. The Balaban J connectivity index is 1.83. The van der Waals surface area contributed by atoms with Crippen LogP contribution in [0.25, 0.3) is 0 Å². The molecule has 0 aromatic heterocycles. The molecule has 2 heterocycles. The third-order valence-electron chi connectivity index (χ3n) is 4.58. The van der Waals surface area contributed by atoms with Gasteiger partial charge in [0, 0.05) is 44.1 Å². The normalized spacial score (nSPS) is 34.0. The lowest BCUT2D eigenvalue weighted by molar-refractivity contribution is -0.128. The van der Waals surface area contributed by atoms with Crippen molar-refractivity contribution in [3.05, 3.63) is 12.7 Å². The maximum atomic E-state index is 11.8. The highest BCUT2D eigenvalue weighted by atomic mass is 16.2. The fourth-order valence-corrected chi connectivity index (χ4v) is 3.33. The number of hydrogen-bond acceptors (Lipinski definition) is 2. The molecule has 1 amide bonds. The second kappa shape index (κ2) is 5.87. The topological polar surface area (TPSA) is 23.6 Å². The quantitative estimate of drug-likeness (QED) is 0.715. The molecular weight excluding hydrogens is 224 g/mol. The van der Waals surface area contributed by atoms with Gasteiger partial charge in [0.1, 0.15) is 0 Å². The molecule has 2 aliphatic heterocycles. The van der Waals surface area contributed by atoms with Crippen LogP contribution in [0, 0.1) is 5.92 Å². The van der Waals surface area contributed by atoms with Crippen molar-refractivity contribution in [3.8, 4) is 0 Å². The molecule has 3 atom stereocenters. The van der Waals surface area contributed by atoms with E-state index in [1.165, 1.54) is 19.3 Å². The minimum absolute atomic E-state index is 0.303. The third kappa shape index (κ3) is 2.94. The summed E-state index contributed by atoms with van der Waals surface area (Å²) < 4.78 is 0. The Bertz CT molecular complexity index is 306. The van der Waals surface area contributed by atoms with E-state index < -0.39 is 0 Å². The Morgan fingerprint density at radius 3 is 2.50 bits per heavy atom. The summed E-state index contributed by atoms with van der Waals surface area (Å²) in [7, 11) is 0. The fraction of sp³-hybridized carbons (Fsp3) is 0.800. The van der Waals surface area contributed by atoms with Crippen molar-refractivity contribution in [2.24, 2.45) is 5.92 Å². The first-order chi connectivity index (χ1) is 8.61. The molecule has 3 nitrogen and oxygen atoms in total. The van der Waals surface area contributed by atoms with Crippen molar-refractivity contribution in [2.75, 3.05) is 19.6 Å². The van der Waals surface area contributed by atoms with Crippen molar-refractivity contribution >= 4 is 5.91 Å². The number of carbonyl (C=O) groups is 1. The van der Waals surface area contributed by atoms with Gasteiger partial charge in [-0.15, -0.1) is 6.58 Å². The van der Waals surface area contributed by atoms with Gasteiger partial charge in [-0.05, 0) is 26.7 Å². The number of rotatable bonds is 4.